The fourth-order valence-corrected chi connectivity index (χ4v) is 9.11. The zero-order valence-corrected chi connectivity index (χ0v) is 33.4. The number of methoxy groups -OCH3 is 1. The van der Waals surface area contributed by atoms with Crippen molar-refractivity contribution in [2.45, 2.75) is 90.0 Å². The molecule has 0 radical (unpaired) electrons. The number of fused-ring (bicyclic) bond motifs is 1. The van der Waals surface area contributed by atoms with Gasteiger partial charge in [-0.15, -0.1) is 0 Å². The number of nitrogens with zero attached hydrogens (tertiary/aromatic N) is 3. The molecule has 3 heterocycles. The molecule has 0 spiro atoms. The van der Waals surface area contributed by atoms with E-state index in [1.165, 1.54) is 36.0 Å². The number of aryl methyl sites for hydroxylation is 2. The molecule has 2 N–H and O–H groups in total. The van der Waals surface area contributed by atoms with E-state index in [9.17, 15) is 19.2 Å². The smallest absolute Gasteiger partial charge is 0.330 e. The molecule has 1 fully saturated rings. The number of rotatable bonds is 12. The van der Waals surface area contributed by atoms with Crippen LogP contribution in [0.3, 0.4) is 0 Å². The average Bonchev–Trinajstić information content (AvgIpc) is 3.60. The highest BCUT2D eigenvalue weighted by Gasteiger charge is 2.39. The van der Waals surface area contributed by atoms with E-state index >= 15 is 0 Å². The summed E-state index contributed by atoms with van der Waals surface area (Å²) in [6.45, 7) is 6.54. The summed E-state index contributed by atoms with van der Waals surface area (Å²) in [4.78, 5) is 55.9. The van der Waals surface area contributed by atoms with Crippen molar-refractivity contribution in [2.24, 2.45) is 25.9 Å². The minimum Gasteiger partial charge on any atom is -0.481 e. The van der Waals surface area contributed by atoms with Gasteiger partial charge in [-0.05, 0) is 80.9 Å². The monoisotopic (exact) mass is 773 g/mol. The average molecular weight is 775 g/mol. The number of pyridine rings is 1. The van der Waals surface area contributed by atoms with Crippen LogP contribution in [0.1, 0.15) is 99.5 Å². The van der Waals surface area contributed by atoms with E-state index in [2.05, 4.69) is 37.5 Å². The van der Waals surface area contributed by atoms with Gasteiger partial charge in [0.2, 0.25) is 11.8 Å². The third-order valence-corrected chi connectivity index (χ3v) is 12.7. The topological polar surface area (TPSA) is 124 Å². The maximum Gasteiger partial charge on any atom is 0.330 e. The number of hydrogen-bond acceptors (Lipinski definition) is 6. The molecule has 2 aromatic heterocycles. The van der Waals surface area contributed by atoms with Crippen LogP contribution in [0.25, 0.3) is 22.4 Å². The van der Waals surface area contributed by atoms with Gasteiger partial charge in [0.15, 0.2) is 0 Å². The molecule has 4 aromatic rings. The third-order valence-electron chi connectivity index (χ3n) is 11.9. The number of benzene rings is 2. The summed E-state index contributed by atoms with van der Waals surface area (Å²) in [5, 5.41) is 6.84. The Bertz CT molecular complexity index is 2210. The first-order chi connectivity index (χ1) is 25.9. The zero-order valence-electron chi connectivity index (χ0n) is 31.9. The summed E-state index contributed by atoms with van der Waals surface area (Å²) in [6.07, 6.45) is 9.93. The third kappa shape index (κ3) is 7.35. The molecule has 286 valence electrons. The Balaban J connectivity index is 1.27. The normalized spacial score (nSPS) is 20.0. The van der Waals surface area contributed by atoms with Gasteiger partial charge in [0.25, 0.3) is 11.5 Å². The molecule has 4 atom stereocenters. The van der Waals surface area contributed by atoms with Gasteiger partial charge in [-0.2, -0.15) is 0 Å². The highest BCUT2D eigenvalue weighted by molar-refractivity contribution is 6.39. The highest BCUT2D eigenvalue weighted by atomic mass is 35.5. The zero-order chi connectivity index (χ0) is 38.9. The second-order valence-corrected chi connectivity index (χ2v) is 15.6. The molecule has 0 saturated carbocycles. The van der Waals surface area contributed by atoms with E-state index < -0.39 is 17.2 Å². The standard InChI is InChI=1S/C42H49Cl2N5O5/c1-7-24(18-20-42(9-3)21-19-25(8-2)37(50)47-42)27-17-16-26-22-33(46-39(54-6)34(26)27)30-14-10-12-28(35(30)43)29-13-11-15-32(36(29)44)45-38(51)31-23-48(4)41(53)49(5)40(31)52/h10-15,22-25,27H,7-9,16-21H2,1-6H3,(H,45,51)(H,47,50). The molecule has 6 rings (SSSR count). The van der Waals surface area contributed by atoms with Crippen molar-refractivity contribution >= 4 is 40.7 Å². The van der Waals surface area contributed by atoms with Gasteiger partial charge in [0, 0.05) is 54.0 Å². The number of anilines is 1. The number of carbonyl (C=O) groups is 2. The molecular formula is C42H49Cl2N5O5. The number of piperidine rings is 1. The van der Waals surface area contributed by atoms with Crippen LogP contribution in [-0.2, 0) is 25.3 Å². The molecule has 10 nitrogen and oxygen atoms in total. The van der Waals surface area contributed by atoms with E-state index in [1.54, 1.807) is 19.2 Å². The van der Waals surface area contributed by atoms with Crippen LogP contribution in [0.15, 0.2) is 58.3 Å². The van der Waals surface area contributed by atoms with Gasteiger partial charge in [-0.1, -0.05) is 80.7 Å². The predicted molar refractivity (Wildman–Crippen MR) is 215 cm³/mol. The number of amides is 2. The minimum absolute atomic E-state index is 0.124. The van der Waals surface area contributed by atoms with E-state index in [1.807, 2.05) is 24.3 Å². The first kappa shape index (κ1) is 39.3. The van der Waals surface area contributed by atoms with Crippen LogP contribution in [-0.4, -0.2) is 38.6 Å². The maximum atomic E-state index is 13.2. The lowest BCUT2D eigenvalue weighted by molar-refractivity contribution is -0.130. The summed E-state index contributed by atoms with van der Waals surface area (Å²) in [6, 6.07) is 13.0. The van der Waals surface area contributed by atoms with Crippen LogP contribution in [0, 0.1) is 11.8 Å². The van der Waals surface area contributed by atoms with Gasteiger partial charge >= 0.3 is 5.69 Å². The SMILES string of the molecule is CCC1CCC(CC)(CCC(CC)C2CCc3cc(-c4cccc(-c5cccc(NC(=O)c6cn(C)c(=O)n(C)c6=O)c5Cl)c4Cl)nc(OC)c32)NC1=O. The van der Waals surface area contributed by atoms with E-state index in [4.69, 9.17) is 32.9 Å². The van der Waals surface area contributed by atoms with Crippen molar-refractivity contribution < 1.29 is 14.3 Å². The molecule has 2 aromatic carbocycles. The van der Waals surface area contributed by atoms with Gasteiger partial charge in [-0.3, -0.25) is 19.0 Å². The lowest BCUT2D eigenvalue weighted by Gasteiger charge is -2.41. The van der Waals surface area contributed by atoms with Crippen molar-refractivity contribution in [3.05, 3.63) is 96.2 Å². The Morgan fingerprint density at radius 3 is 2.41 bits per heavy atom. The Hall–Kier alpha value is -4.41. The molecule has 12 heteroatoms. The number of carbonyl (C=O) groups excluding carboxylic acids is 2. The molecule has 0 bridgehead atoms. The second-order valence-electron chi connectivity index (χ2n) is 14.8. The molecule has 2 amide bonds. The predicted octanol–water partition coefficient (Wildman–Crippen LogP) is 8.30. The van der Waals surface area contributed by atoms with Gasteiger partial charge in [0.05, 0.1) is 28.5 Å². The molecule has 1 saturated heterocycles. The van der Waals surface area contributed by atoms with Crippen LogP contribution < -0.4 is 26.6 Å². The van der Waals surface area contributed by atoms with Crippen LogP contribution >= 0.6 is 23.2 Å². The van der Waals surface area contributed by atoms with Crippen LogP contribution in [0.5, 0.6) is 5.88 Å². The van der Waals surface area contributed by atoms with Gasteiger partial charge in [0.1, 0.15) is 5.56 Å². The van der Waals surface area contributed by atoms with Crippen molar-refractivity contribution in [2.75, 3.05) is 12.4 Å². The summed E-state index contributed by atoms with van der Waals surface area (Å²) < 4.78 is 8.05. The van der Waals surface area contributed by atoms with Crippen LogP contribution in [0.4, 0.5) is 5.69 Å². The molecular weight excluding hydrogens is 725 g/mol. The highest BCUT2D eigenvalue weighted by Crippen LogP contribution is 2.49. The van der Waals surface area contributed by atoms with Crippen molar-refractivity contribution in [1.82, 2.24) is 19.4 Å². The number of nitrogens with one attached hydrogen (secondary N) is 2. The summed E-state index contributed by atoms with van der Waals surface area (Å²) in [7, 11) is 4.45. The summed E-state index contributed by atoms with van der Waals surface area (Å²) in [5.74, 6) is 0.977. The van der Waals surface area contributed by atoms with E-state index in [0.717, 1.165) is 62.4 Å². The number of hydrogen-bond donors (Lipinski definition) is 2. The molecule has 1 aliphatic heterocycles. The Morgan fingerprint density at radius 1 is 1.04 bits per heavy atom. The first-order valence-corrected chi connectivity index (χ1v) is 19.7. The lowest BCUT2D eigenvalue weighted by atomic mass is 9.74. The largest absolute Gasteiger partial charge is 0.481 e. The van der Waals surface area contributed by atoms with E-state index in [-0.39, 0.29) is 33.6 Å². The van der Waals surface area contributed by atoms with Crippen LogP contribution in [0.2, 0.25) is 10.0 Å². The lowest BCUT2D eigenvalue weighted by Crippen LogP contribution is -2.54. The molecule has 4 unspecified atom stereocenters. The van der Waals surface area contributed by atoms with Crippen molar-refractivity contribution in [3.8, 4) is 28.3 Å². The summed E-state index contributed by atoms with van der Waals surface area (Å²) in [5.41, 5.74) is 3.71. The summed E-state index contributed by atoms with van der Waals surface area (Å²) >= 11 is 14.1. The van der Waals surface area contributed by atoms with E-state index in [0.29, 0.717) is 45.1 Å². The second kappa shape index (κ2) is 16.1. The quantitative estimate of drug-likeness (QED) is 0.149. The number of halogens is 2. The maximum absolute atomic E-state index is 13.2. The Kier molecular flexibility index (Phi) is 11.7. The fourth-order valence-electron chi connectivity index (χ4n) is 8.51. The van der Waals surface area contributed by atoms with Crippen molar-refractivity contribution in [3.63, 3.8) is 0 Å². The molecule has 2 aliphatic rings. The first-order valence-electron chi connectivity index (χ1n) is 18.9. The molecule has 1 aliphatic carbocycles. The van der Waals surface area contributed by atoms with Crippen molar-refractivity contribution in [1.29, 1.82) is 0 Å². The van der Waals surface area contributed by atoms with Gasteiger partial charge < -0.3 is 19.9 Å². The number of ether oxygens (including phenoxy) is 1. The minimum atomic E-state index is -0.711. The fraction of sp³-hybridized carbons (Fsp3) is 0.452. The van der Waals surface area contributed by atoms with Gasteiger partial charge in [-0.25, -0.2) is 9.78 Å². The Labute approximate surface area is 326 Å². The molecule has 54 heavy (non-hydrogen) atoms. The number of aromatic nitrogens is 3. The Morgan fingerprint density at radius 2 is 1.74 bits per heavy atom.